The van der Waals surface area contributed by atoms with Gasteiger partial charge in [-0.05, 0) is 90.5 Å². The van der Waals surface area contributed by atoms with Crippen molar-refractivity contribution in [3.8, 4) is 11.5 Å². The molecule has 1 aliphatic rings. The van der Waals surface area contributed by atoms with Gasteiger partial charge in [-0.15, -0.1) is 0 Å². The molecule has 0 bridgehead atoms. The molecule has 1 saturated heterocycles. The third-order valence-electron chi connectivity index (χ3n) is 4.92. The largest absolute Gasteiger partial charge is 0.490 e. The lowest BCUT2D eigenvalue weighted by molar-refractivity contribution is -0.123. The zero-order chi connectivity index (χ0) is 25.4. The van der Waals surface area contributed by atoms with Crippen LogP contribution in [0.25, 0.3) is 6.08 Å². The monoisotopic (exact) mass is 610 g/mol. The van der Waals surface area contributed by atoms with Crippen molar-refractivity contribution in [2.75, 3.05) is 38.8 Å². The number of anilines is 1. The van der Waals surface area contributed by atoms with Crippen LogP contribution in [0.4, 0.5) is 10.5 Å². The number of amides is 3. The quantitative estimate of drug-likeness (QED) is 0.215. The van der Waals surface area contributed by atoms with E-state index in [0.717, 1.165) is 17.3 Å². The van der Waals surface area contributed by atoms with E-state index >= 15 is 0 Å². The number of hydrogen-bond donors (Lipinski definition) is 1. The molecule has 1 N–H and O–H groups in total. The van der Waals surface area contributed by atoms with Gasteiger partial charge in [0.05, 0.1) is 15.1 Å². The van der Waals surface area contributed by atoms with Gasteiger partial charge in [-0.2, -0.15) is 0 Å². The van der Waals surface area contributed by atoms with Crippen molar-refractivity contribution in [3.05, 3.63) is 56.0 Å². The molecule has 0 spiro atoms. The molecule has 2 aromatic rings. The van der Waals surface area contributed by atoms with Gasteiger partial charge in [0.25, 0.3) is 17.1 Å². The van der Waals surface area contributed by atoms with Crippen LogP contribution in [0.1, 0.15) is 24.5 Å². The van der Waals surface area contributed by atoms with E-state index in [1.165, 1.54) is 4.90 Å². The minimum absolute atomic E-state index is 0.191. The average molecular weight is 610 g/mol. The average Bonchev–Trinajstić information content (AvgIpc) is 3.07. The van der Waals surface area contributed by atoms with E-state index in [4.69, 9.17) is 14.2 Å². The fraction of sp³-hybridized carbons (Fsp3) is 0.320. The Hall–Kier alpha value is -2.57. The molecule has 0 aromatic heterocycles. The minimum Gasteiger partial charge on any atom is -0.490 e. The van der Waals surface area contributed by atoms with Gasteiger partial charge in [-0.25, -0.2) is 0 Å². The van der Waals surface area contributed by atoms with Gasteiger partial charge < -0.3 is 19.5 Å². The summed E-state index contributed by atoms with van der Waals surface area (Å²) in [7, 11) is 1.58. The van der Waals surface area contributed by atoms with E-state index in [0.29, 0.717) is 57.4 Å². The van der Waals surface area contributed by atoms with E-state index in [-0.39, 0.29) is 23.7 Å². The Morgan fingerprint density at radius 1 is 1.17 bits per heavy atom. The van der Waals surface area contributed by atoms with Crippen molar-refractivity contribution in [3.63, 3.8) is 0 Å². The summed E-state index contributed by atoms with van der Waals surface area (Å²) in [4.78, 5) is 38.9. The van der Waals surface area contributed by atoms with Gasteiger partial charge in [-0.1, -0.05) is 17.7 Å². The number of methoxy groups -OCH3 is 1. The predicted molar refractivity (Wildman–Crippen MR) is 145 cm³/mol. The summed E-state index contributed by atoms with van der Waals surface area (Å²) in [6, 6.07) is 11.0. The standard InChI is InChI=1S/C25H27IN2O6S/c1-4-33-20-13-17(14-21-24(30)28(25(31)35-21)10-5-11-32-3)12-19(26)23(20)34-15-22(29)27-18-8-6-16(2)7-9-18/h6-9,12-14H,4-5,10-11,15H2,1-3H3,(H,27,29)/b21-14+. The van der Waals surface area contributed by atoms with E-state index in [2.05, 4.69) is 27.9 Å². The fourth-order valence-electron chi connectivity index (χ4n) is 3.26. The molecule has 3 amide bonds. The molecule has 0 atom stereocenters. The Bertz CT molecular complexity index is 1120. The Morgan fingerprint density at radius 2 is 1.91 bits per heavy atom. The van der Waals surface area contributed by atoms with Crippen LogP contribution in [0.5, 0.6) is 11.5 Å². The summed E-state index contributed by atoms with van der Waals surface area (Å²) in [6.45, 7) is 4.81. The molecule has 10 heteroatoms. The molecule has 0 unspecified atom stereocenters. The number of imide groups is 1. The Labute approximate surface area is 222 Å². The first-order chi connectivity index (χ1) is 16.8. The van der Waals surface area contributed by atoms with E-state index in [1.54, 1.807) is 19.3 Å². The van der Waals surface area contributed by atoms with Crippen molar-refractivity contribution in [1.29, 1.82) is 0 Å². The highest BCUT2D eigenvalue weighted by molar-refractivity contribution is 14.1. The second kappa shape index (κ2) is 12.9. The maximum Gasteiger partial charge on any atom is 0.293 e. The number of nitrogens with one attached hydrogen (secondary N) is 1. The minimum atomic E-state index is -0.322. The second-order valence-corrected chi connectivity index (χ2v) is 9.80. The van der Waals surface area contributed by atoms with Crippen LogP contribution in [-0.2, 0) is 14.3 Å². The number of benzene rings is 2. The first-order valence-corrected chi connectivity index (χ1v) is 12.9. The fourth-order valence-corrected chi connectivity index (χ4v) is 4.90. The van der Waals surface area contributed by atoms with Gasteiger partial charge in [-0.3, -0.25) is 19.3 Å². The van der Waals surface area contributed by atoms with Gasteiger partial charge in [0.1, 0.15) is 0 Å². The topological polar surface area (TPSA) is 94.2 Å². The van der Waals surface area contributed by atoms with Crippen LogP contribution >= 0.6 is 34.4 Å². The number of hydrogen-bond acceptors (Lipinski definition) is 7. The summed E-state index contributed by atoms with van der Waals surface area (Å²) in [5, 5.41) is 2.51. The molecule has 1 heterocycles. The third-order valence-corrected chi connectivity index (χ3v) is 6.62. The number of carbonyl (C=O) groups is 3. The molecule has 0 aliphatic carbocycles. The Morgan fingerprint density at radius 3 is 2.60 bits per heavy atom. The molecule has 8 nitrogen and oxygen atoms in total. The van der Waals surface area contributed by atoms with Crippen molar-refractivity contribution in [2.24, 2.45) is 0 Å². The van der Waals surface area contributed by atoms with Crippen molar-refractivity contribution >= 4 is 63.2 Å². The third kappa shape index (κ3) is 7.45. The van der Waals surface area contributed by atoms with Gasteiger partial charge in [0.15, 0.2) is 18.1 Å². The molecule has 1 fully saturated rings. The van der Waals surface area contributed by atoms with E-state index in [1.807, 2.05) is 44.2 Å². The van der Waals surface area contributed by atoms with Crippen LogP contribution in [0.15, 0.2) is 41.3 Å². The van der Waals surface area contributed by atoms with E-state index in [9.17, 15) is 14.4 Å². The highest BCUT2D eigenvalue weighted by atomic mass is 127. The lowest BCUT2D eigenvalue weighted by atomic mass is 10.2. The molecule has 2 aromatic carbocycles. The van der Waals surface area contributed by atoms with Crippen LogP contribution < -0.4 is 14.8 Å². The van der Waals surface area contributed by atoms with Crippen LogP contribution in [0.2, 0.25) is 0 Å². The molecule has 186 valence electrons. The van der Waals surface area contributed by atoms with E-state index < -0.39 is 0 Å². The molecular formula is C25H27IN2O6S. The number of aryl methyl sites for hydroxylation is 1. The lowest BCUT2D eigenvalue weighted by Gasteiger charge is -2.15. The summed E-state index contributed by atoms with van der Waals surface area (Å²) in [5.41, 5.74) is 2.48. The SMILES string of the molecule is CCOc1cc(/C=C2/SC(=O)N(CCCOC)C2=O)cc(I)c1OCC(=O)Nc1ccc(C)cc1. The molecule has 0 saturated carbocycles. The van der Waals surface area contributed by atoms with Gasteiger partial charge >= 0.3 is 0 Å². The number of thioether (sulfide) groups is 1. The van der Waals surface area contributed by atoms with Gasteiger partial charge in [0.2, 0.25) is 0 Å². The predicted octanol–water partition coefficient (Wildman–Crippen LogP) is 5.09. The van der Waals surface area contributed by atoms with Crippen molar-refractivity contribution in [2.45, 2.75) is 20.3 Å². The maximum atomic E-state index is 12.7. The zero-order valence-electron chi connectivity index (χ0n) is 19.8. The number of nitrogens with zero attached hydrogens (tertiary/aromatic N) is 1. The number of halogens is 1. The summed E-state index contributed by atoms with van der Waals surface area (Å²) < 4.78 is 17.3. The van der Waals surface area contributed by atoms with Crippen LogP contribution in [-0.4, -0.2) is 55.4 Å². The first kappa shape index (κ1) is 27.0. The maximum absolute atomic E-state index is 12.7. The van der Waals surface area contributed by atoms with Crippen molar-refractivity contribution < 1.29 is 28.6 Å². The number of ether oxygens (including phenoxy) is 3. The summed E-state index contributed by atoms with van der Waals surface area (Å²) in [5.74, 6) is 0.278. The Kier molecular flexibility index (Phi) is 9.99. The summed E-state index contributed by atoms with van der Waals surface area (Å²) in [6.07, 6.45) is 2.25. The lowest BCUT2D eigenvalue weighted by Crippen LogP contribution is -2.29. The zero-order valence-corrected chi connectivity index (χ0v) is 22.7. The normalized spacial score (nSPS) is 14.5. The van der Waals surface area contributed by atoms with Crippen LogP contribution in [0.3, 0.4) is 0 Å². The van der Waals surface area contributed by atoms with Crippen molar-refractivity contribution in [1.82, 2.24) is 4.90 Å². The van der Waals surface area contributed by atoms with Gasteiger partial charge in [0, 0.05) is 25.9 Å². The second-order valence-electron chi connectivity index (χ2n) is 7.65. The highest BCUT2D eigenvalue weighted by Gasteiger charge is 2.34. The molecule has 0 radical (unpaired) electrons. The highest BCUT2D eigenvalue weighted by Crippen LogP contribution is 2.37. The number of carbonyl (C=O) groups excluding carboxylic acids is 3. The summed E-state index contributed by atoms with van der Waals surface area (Å²) >= 11 is 3.01. The molecule has 35 heavy (non-hydrogen) atoms. The number of rotatable bonds is 11. The smallest absolute Gasteiger partial charge is 0.293 e. The molecule has 3 rings (SSSR count). The molecule has 1 aliphatic heterocycles. The molecular weight excluding hydrogens is 583 g/mol. The Balaban J connectivity index is 1.72. The first-order valence-electron chi connectivity index (χ1n) is 11.0. The van der Waals surface area contributed by atoms with Crippen LogP contribution in [0, 0.1) is 10.5 Å².